The van der Waals surface area contributed by atoms with Crippen LogP contribution in [0.1, 0.15) is 226 Å². The molecule has 0 radical (unpaired) electrons. The Morgan fingerprint density at radius 2 is 0.664 bits per heavy atom. The Morgan fingerprint density at radius 1 is 0.344 bits per heavy atom. The maximum Gasteiger partial charge on any atom is 0.338 e. The molecule has 0 amide bonds. The van der Waals surface area contributed by atoms with Crippen molar-refractivity contribution in [1.82, 2.24) is 0 Å². The molecule has 0 N–H and O–H groups in total. The van der Waals surface area contributed by atoms with Crippen LogP contribution in [0.3, 0.4) is 0 Å². The first-order chi connectivity index (χ1) is 60.6. The van der Waals surface area contributed by atoms with E-state index in [0.717, 1.165) is 142 Å². The minimum absolute atomic E-state index is 0.125. The molecule has 21 nitrogen and oxygen atoms in total. The van der Waals surface area contributed by atoms with Gasteiger partial charge in [-0.15, -0.1) is 0 Å². The van der Waals surface area contributed by atoms with E-state index in [2.05, 4.69) is 23.2 Å². The number of aryl methyl sites for hydroxylation is 1. The van der Waals surface area contributed by atoms with E-state index >= 15 is 0 Å². The van der Waals surface area contributed by atoms with Gasteiger partial charge in [0, 0.05) is 0 Å². The summed E-state index contributed by atoms with van der Waals surface area (Å²) in [5, 5.41) is 17.9. The molecular weight excluding hydrogens is 1620 g/mol. The summed E-state index contributed by atoms with van der Waals surface area (Å²) in [6, 6.07) is 68.1. The predicted octanol–water partition coefficient (Wildman–Crippen LogP) is 23.9. The molecule has 0 atom stereocenters. The van der Waals surface area contributed by atoms with Gasteiger partial charge in [0.25, 0.3) is 0 Å². The Hall–Kier alpha value is -12.1. The SMILES string of the molecule is CCCCCCCOc1ccc(S(=O)(=O)c2ccc(OCCCCCCOC(=O)c3cc(Cc4ccc(-c5ccc(C#N)cc5)cc4)cc(C(=O)OC(C)(C)CCCCCCOc4ccc(S(=O)(=O)c5ccc(OCCCCCCOC(=O)c6cc(OCCCCCCOc7ccc(N=Nc8ccc(C)cc8)cc7)cc(C(=O)OC)c6)cc5)cc4)c3)cc2)cc1. The molecule has 10 rings (SSSR count). The average molecular weight is 1740 g/mol. The predicted molar refractivity (Wildman–Crippen MR) is 482 cm³/mol. The van der Waals surface area contributed by atoms with Gasteiger partial charge < -0.3 is 47.4 Å². The molecule has 0 saturated carbocycles. The van der Waals surface area contributed by atoms with Crippen LogP contribution in [0.5, 0.6) is 34.5 Å². The summed E-state index contributed by atoms with van der Waals surface area (Å²) < 4.78 is 112. The first kappa shape index (κ1) is 95.1. The van der Waals surface area contributed by atoms with E-state index in [1.165, 1.54) is 68.3 Å². The summed E-state index contributed by atoms with van der Waals surface area (Å²) in [6.45, 7) is 11.1. The topological polar surface area (TPSA) is 277 Å². The number of hydrogen-bond acceptors (Lipinski definition) is 21. The fourth-order valence-corrected chi connectivity index (χ4v) is 16.2. The highest BCUT2D eigenvalue weighted by Crippen LogP contribution is 2.32. The van der Waals surface area contributed by atoms with E-state index in [1.807, 2.05) is 106 Å². The van der Waals surface area contributed by atoms with Crippen molar-refractivity contribution in [3.63, 3.8) is 0 Å². The van der Waals surface area contributed by atoms with Gasteiger partial charge in [-0.05, 0) is 334 Å². The van der Waals surface area contributed by atoms with Crippen LogP contribution in [0.25, 0.3) is 11.1 Å². The van der Waals surface area contributed by atoms with Gasteiger partial charge in [-0.3, -0.25) is 0 Å². The lowest BCUT2D eigenvalue weighted by atomic mass is 9.97. The van der Waals surface area contributed by atoms with E-state index in [-0.39, 0.29) is 55.0 Å². The number of methoxy groups -OCH3 is 1. The number of ether oxygens (including phenoxy) is 10. The second-order valence-electron chi connectivity index (χ2n) is 31.5. The minimum atomic E-state index is -3.84. The number of nitrogens with zero attached hydrogens (tertiary/aromatic N) is 3. The number of carbonyl (C=O) groups is 4. The molecule has 0 bridgehead atoms. The second-order valence-corrected chi connectivity index (χ2v) is 35.4. The van der Waals surface area contributed by atoms with Gasteiger partial charge in [0.1, 0.15) is 40.1 Å². The van der Waals surface area contributed by atoms with Crippen LogP contribution in [0.15, 0.2) is 260 Å². The Bertz CT molecular complexity index is 5350. The zero-order chi connectivity index (χ0) is 88.5. The van der Waals surface area contributed by atoms with Crippen LogP contribution >= 0.6 is 0 Å². The minimum Gasteiger partial charge on any atom is -0.494 e. The third-order valence-electron chi connectivity index (χ3n) is 20.9. The van der Waals surface area contributed by atoms with Gasteiger partial charge in [0.15, 0.2) is 0 Å². The van der Waals surface area contributed by atoms with E-state index in [9.17, 15) is 41.3 Å². The number of unbranched alkanes of at least 4 members (excludes halogenated alkanes) is 16. The normalized spacial score (nSPS) is 11.5. The standard InChI is InChI=1S/C102H115N3O18S2/c1-6-7-8-10-19-60-116-89-43-51-94(52-44-89)124(110,111)96-55-47-91(48-56-96)118-63-22-14-16-25-66-121-99(107)82-69-79(68-77-29-33-80(34-30-77)81-35-31-78(75-103)32-36-81)70-83(71-82)101(109)123-102(3,4)59-18-9-11-20-61-117-90-45-53-95(54-46-90)125(112,113)97-57-49-92(50-58-97)119-64-23-15-17-26-67-122-100(108)85-72-84(98(106)114-5)73-93(74-85)120-65-24-13-12-21-62-115-88-41-39-87(40-42-88)105-104-86-37-27-76(2)28-38-86/h27-58,69-74H,6-26,59-68H2,1-5H3. The highest BCUT2D eigenvalue weighted by Gasteiger charge is 2.26. The highest BCUT2D eigenvalue weighted by molar-refractivity contribution is 7.91. The molecule has 10 aromatic rings. The van der Waals surface area contributed by atoms with Crippen LogP contribution in [-0.2, 0) is 45.0 Å². The lowest BCUT2D eigenvalue weighted by Crippen LogP contribution is -2.28. The van der Waals surface area contributed by atoms with Crippen molar-refractivity contribution in [2.45, 2.75) is 201 Å². The van der Waals surface area contributed by atoms with E-state index in [0.29, 0.717) is 99.6 Å². The Kier molecular flexibility index (Phi) is 38.0. The summed E-state index contributed by atoms with van der Waals surface area (Å²) in [7, 11) is -6.30. The largest absolute Gasteiger partial charge is 0.494 e. The zero-order valence-electron chi connectivity index (χ0n) is 72.4. The molecule has 0 saturated heterocycles. The third kappa shape index (κ3) is 31.9. The van der Waals surface area contributed by atoms with Crippen LogP contribution in [0, 0.1) is 18.3 Å². The molecule has 10 aromatic carbocycles. The Morgan fingerprint density at radius 3 is 1.04 bits per heavy atom. The fourth-order valence-electron chi connectivity index (χ4n) is 13.7. The van der Waals surface area contributed by atoms with Gasteiger partial charge in [0.05, 0.1) is 125 Å². The Labute approximate surface area is 736 Å². The molecule has 0 unspecified atom stereocenters. The maximum absolute atomic E-state index is 14.1. The molecule has 0 spiro atoms. The summed E-state index contributed by atoms with van der Waals surface area (Å²) in [5.74, 6) is 1.13. The molecule has 0 aliphatic rings. The maximum atomic E-state index is 14.1. The van der Waals surface area contributed by atoms with Crippen LogP contribution in [0.2, 0.25) is 0 Å². The fraction of sp³-hybridized carbons (Fsp3) is 0.363. The first-order valence-corrected chi connectivity index (χ1v) is 46.4. The van der Waals surface area contributed by atoms with Crippen molar-refractivity contribution in [2.75, 3.05) is 60.0 Å². The van der Waals surface area contributed by atoms with Crippen LogP contribution in [0.4, 0.5) is 11.4 Å². The number of hydrogen-bond donors (Lipinski definition) is 0. The summed E-state index contributed by atoms with van der Waals surface area (Å²) in [4.78, 5) is 54.2. The number of nitriles is 1. The van der Waals surface area contributed by atoms with Crippen molar-refractivity contribution in [3.8, 4) is 51.7 Å². The lowest BCUT2D eigenvalue weighted by molar-refractivity contribution is -0.00558. The smallest absolute Gasteiger partial charge is 0.338 e. The number of rotatable bonds is 54. The van der Waals surface area contributed by atoms with E-state index in [1.54, 1.807) is 109 Å². The number of esters is 4. The molecule has 0 aliphatic carbocycles. The molecular formula is C102H115N3O18S2. The summed E-state index contributed by atoms with van der Waals surface area (Å²) in [6.07, 6.45) is 19.1. The average Bonchev–Trinajstić information content (AvgIpc) is 0.807. The highest BCUT2D eigenvalue weighted by atomic mass is 32.2. The van der Waals surface area contributed by atoms with E-state index < -0.39 is 49.2 Å². The van der Waals surface area contributed by atoms with Gasteiger partial charge in [-0.2, -0.15) is 15.5 Å². The van der Waals surface area contributed by atoms with Gasteiger partial charge in [-0.1, -0.05) is 99.5 Å². The van der Waals surface area contributed by atoms with Gasteiger partial charge in [0.2, 0.25) is 19.7 Å². The number of azo groups is 1. The number of carbonyl (C=O) groups excluding carboxylic acids is 4. The van der Waals surface area contributed by atoms with Crippen molar-refractivity contribution < 1.29 is 83.4 Å². The quantitative estimate of drug-likeness (QED) is 0.0148. The van der Waals surface area contributed by atoms with Gasteiger partial charge >= 0.3 is 23.9 Å². The van der Waals surface area contributed by atoms with Crippen molar-refractivity contribution in [3.05, 3.63) is 275 Å². The molecule has 0 aliphatic heterocycles. The van der Waals surface area contributed by atoms with Gasteiger partial charge in [-0.25, -0.2) is 36.0 Å². The summed E-state index contributed by atoms with van der Waals surface area (Å²) in [5.41, 5.74) is 6.90. The van der Waals surface area contributed by atoms with Crippen LogP contribution in [-0.4, -0.2) is 106 Å². The van der Waals surface area contributed by atoms with Crippen LogP contribution < -0.4 is 28.4 Å². The van der Waals surface area contributed by atoms with Crippen molar-refractivity contribution in [1.29, 1.82) is 5.26 Å². The second kappa shape index (κ2) is 50.0. The molecule has 658 valence electrons. The molecule has 23 heteroatoms. The third-order valence-corrected chi connectivity index (χ3v) is 24.5. The summed E-state index contributed by atoms with van der Waals surface area (Å²) >= 11 is 0. The lowest BCUT2D eigenvalue weighted by Gasteiger charge is -2.25. The Balaban J connectivity index is 0.585. The zero-order valence-corrected chi connectivity index (χ0v) is 74.0. The number of sulfone groups is 2. The molecule has 0 fully saturated rings. The monoisotopic (exact) mass is 1730 g/mol. The molecule has 0 heterocycles. The van der Waals surface area contributed by atoms with Crippen molar-refractivity contribution >= 4 is 54.9 Å². The van der Waals surface area contributed by atoms with E-state index in [4.69, 9.17) is 47.4 Å². The molecule has 125 heavy (non-hydrogen) atoms. The number of benzene rings is 10. The van der Waals surface area contributed by atoms with Crippen molar-refractivity contribution in [2.24, 2.45) is 10.2 Å². The molecule has 0 aromatic heterocycles. The first-order valence-electron chi connectivity index (χ1n) is 43.4.